The summed E-state index contributed by atoms with van der Waals surface area (Å²) < 4.78 is 6.73. The molecule has 2 aliphatic heterocycles. The van der Waals surface area contributed by atoms with Gasteiger partial charge in [-0.15, -0.1) is 9.24 Å². The predicted molar refractivity (Wildman–Crippen MR) is 104 cm³/mol. The molecule has 0 spiro atoms. The van der Waals surface area contributed by atoms with Crippen molar-refractivity contribution in [3.8, 4) is 11.4 Å². The van der Waals surface area contributed by atoms with Crippen LogP contribution in [0.5, 0.6) is 0 Å². The van der Waals surface area contributed by atoms with E-state index in [2.05, 4.69) is 9.24 Å². The number of carbonyl (C=O) groups excluding carboxylic acids is 1. The van der Waals surface area contributed by atoms with Gasteiger partial charge in [0.1, 0.15) is 6.61 Å². The smallest absolute Gasteiger partial charge is 0.343 e. The molecule has 136 valence electrons. The molecule has 2 unspecified atom stereocenters. The summed E-state index contributed by atoms with van der Waals surface area (Å²) in [6, 6.07) is 9.72. The lowest BCUT2D eigenvalue weighted by Gasteiger charge is -2.31. The summed E-state index contributed by atoms with van der Waals surface area (Å²) >= 11 is 0. The Morgan fingerprint density at radius 3 is 2.89 bits per heavy atom. The molecule has 1 aromatic carbocycles. The van der Waals surface area contributed by atoms with Crippen LogP contribution in [0.2, 0.25) is 0 Å². The third-order valence-electron chi connectivity index (χ3n) is 5.53. The van der Waals surface area contributed by atoms with E-state index in [4.69, 9.17) is 9.72 Å². The second kappa shape index (κ2) is 5.47. The molecule has 0 amide bonds. The predicted octanol–water partition coefficient (Wildman–Crippen LogP) is 1.58. The summed E-state index contributed by atoms with van der Waals surface area (Å²) in [5.41, 5.74) is 1.78. The van der Waals surface area contributed by atoms with Crippen molar-refractivity contribution < 1.29 is 14.6 Å². The molecule has 27 heavy (non-hydrogen) atoms. The summed E-state index contributed by atoms with van der Waals surface area (Å²) in [6.45, 7) is 2.00. The molecule has 0 fully saturated rings. The highest BCUT2D eigenvalue weighted by Gasteiger charge is 2.45. The fraction of sp³-hybridized carbons (Fsp3) is 0.250. The molecule has 0 radical (unpaired) electrons. The van der Waals surface area contributed by atoms with E-state index in [1.807, 2.05) is 24.3 Å². The molecule has 6 nitrogen and oxygen atoms in total. The van der Waals surface area contributed by atoms with Crippen LogP contribution in [0.15, 0.2) is 35.1 Å². The number of esters is 1. The van der Waals surface area contributed by atoms with Gasteiger partial charge in [0.25, 0.3) is 5.56 Å². The topological polar surface area (TPSA) is 81.4 Å². The maximum Gasteiger partial charge on any atom is 0.343 e. The third-order valence-corrected chi connectivity index (χ3v) is 5.89. The Bertz CT molecular complexity index is 1220. The van der Waals surface area contributed by atoms with E-state index in [1.54, 1.807) is 17.6 Å². The van der Waals surface area contributed by atoms with Gasteiger partial charge in [-0.2, -0.15) is 0 Å². The van der Waals surface area contributed by atoms with E-state index in [-0.39, 0.29) is 18.6 Å². The SMILES string of the molecule is CCC1(O)C(=O)OCc2c1cc1n(c2=O)Cc2cc3cc(P)ccc3nc2-1. The molecule has 4 heterocycles. The van der Waals surface area contributed by atoms with Crippen molar-refractivity contribution in [3.05, 3.63) is 57.4 Å². The zero-order valence-electron chi connectivity index (χ0n) is 14.7. The van der Waals surface area contributed by atoms with Gasteiger partial charge in [0, 0.05) is 16.5 Å². The first kappa shape index (κ1) is 16.6. The van der Waals surface area contributed by atoms with Crippen molar-refractivity contribution in [3.63, 3.8) is 0 Å². The highest BCUT2D eigenvalue weighted by Crippen LogP contribution is 2.38. The van der Waals surface area contributed by atoms with Gasteiger partial charge in [-0.3, -0.25) is 4.79 Å². The minimum Gasteiger partial charge on any atom is -0.458 e. The lowest BCUT2D eigenvalue weighted by atomic mass is 9.86. The Hall–Kier alpha value is -2.56. The van der Waals surface area contributed by atoms with Crippen molar-refractivity contribution in [2.75, 3.05) is 0 Å². The highest BCUT2D eigenvalue weighted by atomic mass is 31.0. The molecule has 7 heteroatoms. The molecule has 3 aromatic rings. The number of hydrogen-bond acceptors (Lipinski definition) is 5. The molecule has 0 saturated heterocycles. The van der Waals surface area contributed by atoms with Gasteiger partial charge in [0.15, 0.2) is 5.60 Å². The summed E-state index contributed by atoms with van der Waals surface area (Å²) in [5.74, 6) is -0.709. The van der Waals surface area contributed by atoms with Crippen LogP contribution in [0, 0.1) is 0 Å². The lowest BCUT2D eigenvalue weighted by Crippen LogP contribution is -2.44. The van der Waals surface area contributed by atoms with Gasteiger partial charge in [0.2, 0.25) is 0 Å². The number of fused-ring (bicyclic) bond motifs is 5. The molecule has 0 aliphatic carbocycles. The fourth-order valence-electron chi connectivity index (χ4n) is 4.00. The summed E-state index contributed by atoms with van der Waals surface area (Å²) in [6.07, 6.45) is 0.136. The molecule has 0 bridgehead atoms. The number of hydrogen-bond donors (Lipinski definition) is 1. The average Bonchev–Trinajstić information content (AvgIpc) is 3.01. The van der Waals surface area contributed by atoms with Crippen LogP contribution in [-0.4, -0.2) is 20.6 Å². The summed E-state index contributed by atoms with van der Waals surface area (Å²) in [5, 5.41) is 12.9. The second-order valence-corrected chi connectivity index (χ2v) is 7.72. The first-order chi connectivity index (χ1) is 12.9. The van der Waals surface area contributed by atoms with E-state index < -0.39 is 11.6 Å². The quantitative estimate of drug-likeness (QED) is 0.401. The zero-order chi connectivity index (χ0) is 18.9. The first-order valence-electron chi connectivity index (χ1n) is 8.78. The van der Waals surface area contributed by atoms with Crippen molar-refractivity contribution >= 4 is 31.4 Å². The molecule has 2 atom stereocenters. The van der Waals surface area contributed by atoms with Gasteiger partial charge in [0.05, 0.1) is 29.0 Å². The Balaban J connectivity index is 1.80. The monoisotopic (exact) mass is 380 g/mol. The normalized spacial score (nSPS) is 20.2. The fourth-order valence-corrected chi connectivity index (χ4v) is 4.28. The standard InChI is InChI=1S/C20H17N2O4P/c1-2-20(25)14-7-16-17-11(5-10-6-12(27)3-4-15(10)21-17)8-22(16)18(23)13(14)9-26-19(20)24/h3-7,25H,2,8-9,27H2,1H3. The van der Waals surface area contributed by atoms with Crippen LogP contribution in [-0.2, 0) is 28.3 Å². The number of rotatable bonds is 1. The average molecular weight is 380 g/mol. The van der Waals surface area contributed by atoms with Crippen LogP contribution in [0.25, 0.3) is 22.3 Å². The summed E-state index contributed by atoms with van der Waals surface area (Å²) in [7, 11) is 2.67. The molecule has 2 aromatic heterocycles. The van der Waals surface area contributed by atoms with Crippen molar-refractivity contribution in [2.24, 2.45) is 0 Å². The Labute approximate surface area is 157 Å². The van der Waals surface area contributed by atoms with Crippen molar-refractivity contribution in [1.82, 2.24) is 9.55 Å². The minimum absolute atomic E-state index is 0.113. The third kappa shape index (κ3) is 2.17. The number of carbonyl (C=O) groups is 1. The van der Waals surface area contributed by atoms with E-state index in [0.29, 0.717) is 23.4 Å². The van der Waals surface area contributed by atoms with Crippen LogP contribution in [0.4, 0.5) is 0 Å². The minimum atomic E-state index is -1.80. The molecule has 5 rings (SSSR count). The molecular formula is C20H17N2O4P. The van der Waals surface area contributed by atoms with Gasteiger partial charge in [-0.1, -0.05) is 13.0 Å². The van der Waals surface area contributed by atoms with Crippen LogP contribution < -0.4 is 10.9 Å². The number of aliphatic hydroxyl groups is 1. The Kier molecular flexibility index (Phi) is 3.37. The van der Waals surface area contributed by atoms with Crippen molar-refractivity contribution in [1.29, 1.82) is 0 Å². The van der Waals surface area contributed by atoms with Gasteiger partial charge in [-0.05, 0) is 36.0 Å². The van der Waals surface area contributed by atoms with Gasteiger partial charge >= 0.3 is 5.97 Å². The van der Waals surface area contributed by atoms with E-state index >= 15 is 0 Å². The van der Waals surface area contributed by atoms with Crippen LogP contribution in [0.1, 0.15) is 30.0 Å². The number of cyclic esters (lactones) is 1. The maximum absolute atomic E-state index is 13.1. The largest absolute Gasteiger partial charge is 0.458 e. The molecule has 0 saturated carbocycles. The van der Waals surface area contributed by atoms with Gasteiger partial charge < -0.3 is 14.4 Å². The Morgan fingerprint density at radius 2 is 2.11 bits per heavy atom. The second-order valence-electron chi connectivity index (χ2n) is 7.05. The summed E-state index contributed by atoms with van der Waals surface area (Å²) in [4.78, 5) is 30.0. The number of aromatic nitrogens is 2. The van der Waals surface area contributed by atoms with Gasteiger partial charge in [-0.25, -0.2) is 9.78 Å². The van der Waals surface area contributed by atoms with Crippen LogP contribution in [0.3, 0.4) is 0 Å². The number of nitrogens with zero attached hydrogens (tertiary/aromatic N) is 2. The number of pyridine rings is 2. The lowest BCUT2D eigenvalue weighted by molar-refractivity contribution is -0.172. The molecule has 1 N–H and O–H groups in total. The van der Waals surface area contributed by atoms with E-state index in [1.165, 1.54) is 0 Å². The number of benzene rings is 1. The van der Waals surface area contributed by atoms with E-state index in [9.17, 15) is 14.7 Å². The van der Waals surface area contributed by atoms with Crippen LogP contribution >= 0.6 is 9.24 Å². The molecule has 2 aliphatic rings. The maximum atomic E-state index is 13.1. The van der Waals surface area contributed by atoms with E-state index in [0.717, 1.165) is 27.5 Å². The highest BCUT2D eigenvalue weighted by molar-refractivity contribution is 7.27. The number of ether oxygens (including phenoxy) is 1. The first-order valence-corrected chi connectivity index (χ1v) is 9.36. The zero-order valence-corrected chi connectivity index (χ0v) is 15.8. The Morgan fingerprint density at radius 1 is 1.30 bits per heavy atom. The van der Waals surface area contributed by atoms with Crippen molar-refractivity contribution in [2.45, 2.75) is 32.1 Å². The molecular weight excluding hydrogens is 363 g/mol.